The van der Waals surface area contributed by atoms with Gasteiger partial charge in [0, 0.05) is 0 Å². The summed E-state index contributed by atoms with van der Waals surface area (Å²) in [6.07, 6.45) is 2.01. The van der Waals surface area contributed by atoms with Gasteiger partial charge in [0.15, 0.2) is 11.5 Å². The van der Waals surface area contributed by atoms with E-state index in [1.807, 2.05) is 0 Å². The molecule has 0 spiro atoms. The molecule has 0 saturated heterocycles. The summed E-state index contributed by atoms with van der Waals surface area (Å²) in [7, 11) is 3.13. The van der Waals surface area contributed by atoms with Crippen LogP contribution in [0.2, 0.25) is 0 Å². The van der Waals surface area contributed by atoms with Gasteiger partial charge in [0.2, 0.25) is 6.41 Å². The first-order valence-electron chi connectivity index (χ1n) is 4.26. The number of carbonyl (C=O) groups excluding carboxylic acids is 1. The third-order valence-electron chi connectivity index (χ3n) is 1.75. The lowest BCUT2D eigenvalue weighted by Gasteiger charge is -2.07. The highest BCUT2D eigenvalue weighted by molar-refractivity contribution is 5.81. The van der Waals surface area contributed by atoms with Crippen LogP contribution in [0.1, 0.15) is 5.56 Å². The van der Waals surface area contributed by atoms with Crippen molar-refractivity contribution < 1.29 is 14.3 Å². The average molecular weight is 208 g/mol. The molecular formula is C10H12N2O3. The molecule has 0 bridgehead atoms. The molecule has 5 nitrogen and oxygen atoms in total. The molecule has 0 radical (unpaired) electrons. The van der Waals surface area contributed by atoms with E-state index in [2.05, 4.69) is 10.5 Å². The molecule has 1 rings (SSSR count). The molecule has 0 heterocycles. The summed E-state index contributed by atoms with van der Waals surface area (Å²) in [4.78, 5) is 9.95. The molecule has 1 aromatic rings. The van der Waals surface area contributed by atoms with Crippen molar-refractivity contribution in [2.24, 2.45) is 5.10 Å². The fraction of sp³-hybridized carbons (Fsp3) is 0.200. The van der Waals surface area contributed by atoms with Crippen LogP contribution in [0.5, 0.6) is 11.5 Å². The third-order valence-corrected chi connectivity index (χ3v) is 1.75. The molecule has 0 aliphatic carbocycles. The second-order valence-corrected chi connectivity index (χ2v) is 2.62. The van der Waals surface area contributed by atoms with Crippen LogP contribution in [0.25, 0.3) is 0 Å². The first kappa shape index (κ1) is 11.0. The zero-order valence-electron chi connectivity index (χ0n) is 8.56. The van der Waals surface area contributed by atoms with E-state index in [1.54, 1.807) is 32.4 Å². The third kappa shape index (κ3) is 2.98. The maximum absolute atomic E-state index is 9.95. The Morgan fingerprint density at radius 1 is 1.27 bits per heavy atom. The van der Waals surface area contributed by atoms with Gasteiger partial charge >= 0.3 is 0 Å². The van der Waals surface area contributed by atoms with Crippen LogP contribution in [0.15, 0.2) is 23.3 Å². The molecule has 0 aromatic heterocycles. The summed E-state index contributed by atoms with van der Waals surface area (Å²) in [6.45, 7) is 0. The van der Waals surface area contributed by atoms with Crippen molar-refractivity contribution in [1.82, 2.24) is 5.43 Å². The van der Waals surface area contributed by atoms with E-state index in [0.29, 0.717) is 17.9 Å². The van der Waals surface area contributed by atoms with Gasteiger partial charge in [-0.15, -0.1) is 0 Å². The van der Waals surface area contributed by atoms with Gasteiger partial charge in [0.1, 0.15) is 0 Å². The smallest absolute Gasteiger partial charge is 0.227 e. The Bertz CT molecular complexity index is 364. The summed E-state index contributed by atoms with van der Waals surface area (Å²) in [5.74, 6) is 1.27. The van der Waals surface area contributed by atoms with E-state index in [9.17, 15) is 4.79 Å². The predicted octanol–water partition coefficient (Wildman–Crippen LogP) is 0.784. The Morgan fingerprint density at radius 3 is 2.60 bits per heavy atom. The summed E-state index contributed by atoms with van der Waals surface area (Å²) >= 11 is 0. The number of ether oxygens (including phenoxy) is 2. The van der Waals surface area contributed by atoms with Gasteiger partial charge in [-0.2, -0.15) is 5.10 Å². The van der Waals surface area contributed by atoms with Crippen molar-refractivity contribution in [2.45, 2.75) is 0 Å². The highest BCUT2D eigenvalue weighted by Crippen LogP contribution is 2.26. The van der Waals surface area contributed by atoms with Crippen molar-refractivity contribution in [3.05, 3.63) is 23.8 Å². The zero-order chi connectivity index (χ0) is 11.1. The number of hydrogen-bond donors (Lipinski definition) is 1. The molecule has 0 atom stereocenters. The number of amides is 1. The fourth-order valence-electron chi connectivity index (χ4n) is 1.08. The van der Waals surface area contributed by atoms with E-state index in [1.165, 1.54) is 6.21 Å². The number of hydrogen-bond acceptors (Lipinski definition) is 4. The van der Waals surface area contributed by atoms with Gasteiger partial charge < -0.3 is 9.47 Å². The first-order chi connectivity index (χ1) is 7.31. The number of nitrogens with one attached hydrogen (secondary N) is 1. The first-order valence-corrected chi connectivity index (χ1v) is 4.26. The fourth-order valence-corrected chi connectivity index (χ4v) is 1.08. The average Bonchev–Trinajstić information content (AvgIpc) is 2.29. The normalized spacial score (nSPS) is 10.0. The van der Waals surface area contributed by atoms with Crippen LogP contribution in [0.3, 0.4) is 0 Å². The minimum atomic E-state index is 0.497. The molecule has 0 aliphatic heterocycles. The number of benzene rings is 1. The zero-order valence-corrected chi connectivity index (χ0v) is 8.56. The van der Waals surface area contributed by atoms with Crippen LogP contribution in [-0.4, -0.2) is 26.8 Å². The van der Waals surface area contributed by atoms with Gasteiger partial charge in [-0.25, -0.2) is 5.43 Å². The SMILES string of the molecule is COc1ccc(/C=N\NC=O)cc1OC. The van der Waals surface area contributed by atoms with Crippen molar-refractivity contribution >= 4 is 12.6 Å². The number of methoxy groups -OCH3 is 2. The topological polar surface area (TPSA) is 59.9 Å². The molecule has 80 valence electrons. The maximum atomic E-state index is 9.95. The van der Waals surface area contributed by atoms with Crippen molar-refractivity contribution in [2.75, 3.05) is 14.2 Å². The number of nitrogens with zero attached hydrogens (tertiary/aromatic N) is 1. The summed E-state index contributed by atoms with van der Waals surface area (Å²) in [5.41, 5.74) is 2.99. The largest absolute Gasteiger partial charge is 0.493 e. The van der Waals surface area contributed by atoms with Crippen molar-refractivity contribution in [3.63, 3.8) is 0 Å². The molecule has 1 aromatic carbocycles. The Morgan fingerprint density at radius 2 is 2.00 bits per heavy atom. The van der Waals surface area contributed by atoms with E-state index >= 15 is 0 Å². The van der Waals surface area contributed by atoms with E-state index in [-0.39, 0.29) is 0 Å². The molecule has 5 heteroatoms. The molecule has 0 fully saturated rings. The molecule has 1 N–H and O–H groups in total. The molecular weight excluding hydrogens is 196 g/mol. The van der Waals surface area contributed by atoms with E-state index in [0.717, 1.165) is 5.56 Å². The second kappa shape index (κ2) is 5.64. The van der Waals surface area contributed by atoms with Gasteiger partial charge in [0.05, 0.1) is 20.4 Å². The number of rotatable bonds is 5. The standard InChI is InChI=1S/C10H12N2O3/c1-14-9-4-3-8(5-10(9)15-2)6-11-12-7-13/h3-7H,1-2H3,(H,12,13)/b11-6-. The van der Waals surface area contributed by atoms with Gasteiger partial charge in [-0.3, -0.25) is 4.79 Å². The molecule has 0 unspecified atom stereocenters. The Labute approximate surface area is 87.7 Å². The lowest BCUT2D eigenvalue weighted by Crippen LogP contribution is -2.00. The molecule has 1 amide bonds. The highest BCUT2D eigenvalue weighted by Gasteiger charge is 2.02. The van der Waals surface area contributed by atoms with Crippen LogP contribution >= 0.6 is 0 Å². The lowest BCUT2D eigenvalue weighted by atomic mass is 10.2. The second-order valence-electron chi connectivity index (χ2n) is 2.62. The summed E-state index contributed by atoms with van der Waals surface area (Å²) in [6, 6.07) is 5.33. The molecule has 0 saturated carbocycles. The van der Waals surface area contributed by atoms with Gasteiger partial charge in [-0.1, -0.05) is 0 Å². The highest BCUT2D eigenvalue weighted by atomic mass is 16.5. The van der Waals surface area contributed by atoms with Crippen LogP contribution in [0, 0.1) is 0 Å². The van der Waals surface area contributed by atoms with Gasteiger partial charge in [-0.05, 0) is 23.8 Å². The molecule has 15 heavy (non-hydrogen) atoms. The van der Waals surface area contributed by atoms with Crippen LogP contribution in [0.4, 0.5) is 0 Å². The van der Waals surface area contributed by atoms with Crippen LogP contribution in [-0.2, 0) is 4.79 Å². The Hall–Kier alpha value is -2.04. The number of hydrazone groups is 1. The Kier molecular flexibility index (Phi) is 4.15. The van der Waals surface area contributed by atoms with Crippen molar-refractivity contribution in [1.29, 1.82) is 0 Å². The maximum Gasteiger partial charge on any atom is 0.227 e. The van der Waals surface area contributed by atoms with Crippen LogP contribution < -0.4 is 14.9 Å². The predicted molar refractivity (Wildman–Crippen MR) is 56.3 cm³/mol. The quantitative estimate of drug-likeness (QED) is 0.442. The number of carbonyl (C=O) groups is 1. The van der Waals surface area contributed by atoms with Gasteiger partial charge in [0.25, 0.3) is 0 Å². The summed E-state index contributed by atoms with van der Waals surface area (Å²) < 4.78 is 10.2. The Balaban J connectivity index is 2.87. The monoisotopic (exact) mass is 208 g/mol. The lowest BCUT2D eigenvalue weighted by molar-refractivity contribution is -0.109. The summed E-state index contributed by atoms with van der Waals surface area (Å²) in [5, 5.41) is 3.65. The molecule has 0 aliphatic rings. The van der Waals surface area contributed by atoms with E-state index < -0.39 is 0 Å². The van der Waals surface area contributed by atoms with Crippen molar-refractivity contribution in [3.8, 4) is 11.5 Å². The minimum absolute atomic E-state index is 0.497. The van der Waals surface area contributed by atoms with E-state index in [4.69, 9.17) is 9.47 Å². The minimum Gasteiger partial charge on any atom is -0.493 e.